The van der Waals surface area contributed by atoms with E-state index in [9.17, 15) is 4.79 Å². The van der Waals surface area contributed by atoms with Crippen LogP contribution in [-0.4, -0.2) is 27.6 Å². The zero-order chi connectivity index (χ0) is 14.5. The lowest BCUT2D eigenvalue weighted by atomic mass is 10.2. The standard InChI is InChI=1S/C15H17N3O2/c1-3-18(10-13-6-4-5-7-16-13)14-9-12(15(19)20)8-11(2)17-14/h4-9H,3,10H2,1-2H3,(H,19,20). The van der Waals surface area contributed by atoms with Gasteiger partial charge in [-0.15, -0.1) is 0 Å². The molecule has 20 heavy (non-hydrogen) atoms. The van der Waals surface area contributed by atoms with Gasteiger partial charge in [0.15, 0.2) is 0 Å². The van der Waals surface area contributed by atoms with Crippen molar-refractivity contribution in [2.75, 3.05) is 11.4 Å². The lowest BCUT2D eigenvalue weighted by molar-refractivity contribution is 0.0696. The van der Waals surface area contributed by atoms with Gasteiger partial charge >= 0.3 is 5.97 Å². The lowest BCUT2D eigenvalue weighted by Gasteiger charge is -2.22. The van der Waals surface area contributed by atoms with E-state index in [4.69, 9.17) is 5.11 Å². The van der Waals surface area contributed by atoms with Crippen LogP contribution in [0.4, 0.5) is 5.82 Å². The van der Waals surface area contributed by atoms with Crippen molar-refractivity contribution in [3.63, 3.8) is 0 Å². The molecule has 0 saturated heterocycles. The van der Waals surface area contributed by atoms with E-state index in [0.29, 0.717) is 18.1 Å². The summed E-state index contributed by atoms with van der Waals surface area (Å²) in [5.74, 6) is -0.277. The Hall–Kier alpha value is -2.43. The summed E-state index contributed by atoms with van der Waals surface area (Å²) >= 11 is 0. The maximum absolute atomic E-state index is 11.1. The number of hydrogen-bond acceptors (Lipinski definition) is 4. The number of carbonyl (C=O) groups is 1. The molecule has 0 bridgehead atoms. The van der Waals surface area contributed by atoms with E-state index >= 15 is 0 Å². The molecule has 0 fully saturated rings. The fourth-order valence-electron chi connectivity index (χ4n) is 1.98. The number of carboxylic acids is 1. The first kappa shape index (κ1) is 14.0. The molecule has 5 heteroatoms. The second-order valence-electron chi connectivity index (χ2n) is 4.50. The summed E-state index contributed by atoms with van der Waals surface area (Å²) in [5, 5.41) is 9.12. The Bertz CT molecular complexity index is 599. The third kappa shape index (κ3) is 3.32. The second kappa shape index (κ2) is 6.14. The maximum atomic E-state index is 11.1. The molecule has 2 heterocycles. The first-order valence-electron chi connectivity index (χ1n) is 6.47. The first-order valence-corrected chi connectivity index (χ1v) is 6.47. The van der Waals surface area contributed by atoms with Crippen LogP contribution >= 0.6 is 0 Å². The molecule has 0 atom stereocenters. The van der Waals surface area contributed by atoms with E-state index in [0.717, 1.165) is 12.2 Å². The molecule has 0 saturated carbocycles. The molecular weight excluding hydrogens is 254 g/mol. The Kier molecular flexibility index (Phi) is 4.30. The van der Waals surface area contributed by atoms with Crippen molar-refractivity contribution in [1.29, 1.82) is 0 Å². The van der Waals surface area contributed by atoms with Crippen LogP contribution < -0.4 is 4.90 Å². The summed E-state index contributed by atoms with van der Waals surface area (Å²) in [6.45, 7) is 5.14. The molecule has 0 radical (unpaired) electrons. The molecular formula is C15H17N3O2. The van der Waals surface area contributed by atoms with Crippen molar-refractivity contribution >= 4 is 11.8 Å². The van der Waals surface area contributed by atoms with Gasteiger partial charge in [0, 0.05) is 18.4 Å². The van der Waals surface area contributed by atoms with Gasteiger partial charge in [-0.05, 0) is 38.1 Å². The molecule has 0 aromatic carbocycles. The maximum Gasteiger partial charge on any atom is 0.335 e. The van der Waals surface area contributed by atoms with Crippen molar-refractivity contribution in [2.45, 2.75) is 20.4 Å². The molecule has 104 valence electrons. The highest BCUT2D eigenvalue weighted by Gasteiger charge is 2.12. The highest BCUT2D eigenvalue weighted by Crippen LogP contribution is 2.17. The van der Waals surface area contributed by atoms with Gasteiger partial charge in [0.2, 0.25) is 0 Å². The summed E-state index contributed by atoms with van der Waals surface area (Å²) in [6, 6.07) is 8.91. The average molecular weight is 271 g/mol. The Balaban J connectivity index is 2.29. The molecule has 0 unspecified atom stereocenters. The van der Waals surface area contributed by atoms with Crippen LogP contribution in [0.15, 0.2) is 36.5 Å². The van der Waals surface area contributed by atoms with E-state index in [1.165, 1.54) is 0 Å². The van der Waals surface area contributed by atoms with Crippen LogP contribution in [0.3, 0.4) is 0 Å². The van der Waals surface area contributed by atoms with E-state index in [1.807, 2.05) is 30.0 Å². The number of rotatable bonds is 5. The quantitative estimate of drug-likeness (QED) is 0.905. The van der Waals surface area contributed by atoms with Crippen LogP contribution in [0.5, 0.6) is 0 Å². The van der Waals surface area contributed by atoms with Crippen LogP contribution in [0, 0.1) is 6.92 Å². The van der Waals surface area contributed by atoms with Gasteiger partial charge in [0.25, 0.3) is 0 Å². The molecule has 2 rings (SSSR count). The van der Waals surface area contributed by atoms with Gasteiger partial charge in [-0.2, -0.15) is 0 Å². The van der Waals surface area contributed by atoms with Gasteiger partial charge in [-0.1, -0.05) is 6.07 Å². The Labute approximate surface area is 117 Å². The molecule has 0 aliphatic carbocycles. The van der Waals surface area contributed by atoms with Gasteiger partial charge < -0.3 is 10.0 Å². The van der Waals surface area contributed by atoms with Gasteiger partial charge in [-0.25, -0.2) is 9.78 Å². The minimum atomic E-state index is -0.939. The first-order chi connectivity index (χ1) is 9.60. The Morgan fingerprint density at radius 2 is 2.15 bits per heavy atom. The number of anilines is 1. The van der Waals surface area contributed by atoms with E-state index < -0.39 is 5.97 Å². The van der Waals surface area contributed by atoms with Gasteiger partial charge in [0.1, 0.15) is 5.82 Å². The normalized spacial score (nSPS) is 10.3. The predicted octanol–water partition coefficient (Wildman–Crippen LogP) is 2.51. The minimum Gasteiger partial charge on any atom is -0.478 e. The molecule has 0 spiro atoms. The third-order valence-corrected chi connectivity index (χ3v) is 2.97. The lowest BCUT2D eigenvalue weighted by Crippen LogP contribution is -2.24. The molecule has 1 N–H and O–H groups in total. The monoisotopic (exact) mass is 271 g/mol. The van der Waals surface area contributed by atoms with Gasteiger partial charge in [0.05, 0.1) is 17.8 Å². The van der Waals surface area contributed by atoms with Crippen molar-refractivity contribution < 1.29 is 9.90 Å². The van der Waals surface area contributed by atoms with Crippen molar-refractivity contribution in [2.24, 2.45) is 0 Å². The number of aromatic carboxylic acids is 1. The van der Waals surface area contributed by atoms with Crippen LogP contribution in [0.1, 0.15) is 28.7 Å². The number of aromatic nitrogens is 2. The molecule has 0 aliphatic rings. The fraction of sp³-hybridized carbons (Fsp3) is 0.267. The minimum absolute atomic E-state index is 0.256. The zero-order valence-corrected chi connectivity index (χ0v) is 11.6. The Morgan fingerprint density at radius 3 is 2.75 bits per heavy atom. The second-order valence-corrected chi connectivity index (χ2v) is 4.50. The fourth-order valence-corrected chi connectivity index (χ4v) is 1.98. The van der Waals surface area contributed by atoms with Crippen molar-refractivity contribution in [3.05, 3.63) is 53.5 Å². The van der Waals surface area contributed by atoms with E-state index in [1.54, 1.807) is 25.3 Å². The number of nitrogens with zero attached hydrogens (tertiary/aromatic N) is 3. The number of pyridine rings is 2. The highest BCUT2D eigenvalue weighted by molar-refractivity contribution is 5.88. The van der Waals surface area contributed by atoms with Crippen LogP contribution in [-0.2, 0) is 6.54 Å². The van der Waals surface area contributed by atoms with E-state index in [-0.39, 0.29) is 5.56 Å². The van der Waals surface area contributed by atoms with Crippen molar-refractivity contribution in [3.8, 4) is 0 Å². The molecule has 2 aromatic rings. The summed E-state index contributed by atoms with van der Waals surface area (Å²) in [4.78, 5) is 21.8. The molecule has 0 amide bonds. The molecule has 5 nitrogen and oxygen atoms in total. The number of hydrogen-bond donors (Lipinski definition) is 1. The molecule has 0 aliphatic heterocycles. The SMILES string of the molecule is CCN(Cc1ccccn1)c1cc(C(=O)O)cc(C)n1. The summed E-state index contributed by atoms with van der Waals surface area (Å²) in [7, 11) is 0. The molecule has 2 aromatic heterocycles. The number of carboxylic acid groups (broad SMARTS) is 1. The van der Waals surface area contributed by atoms with Crippen LogP contribution in [0.25, 0.3) is 0 Å². The van der Waals surface area contributed by atoms with E-state index in [2.05, 4.69) is 9.97 Å². The third-order valence-electron chi connectivity index (χ3n) is 2.97. The van der Waals surface area contributed by atoms with Crippen molar-refractivity contribution in [1.82, 2.24) is 9.97 Å². The predicted molar refractivity (Wildman–Crippen MR) is 76.9 cm³/mol. The van der Waals surface area contributed by atoms with Gasteiger partial charge in [-0.3, -0.25) is 4.98 Å². The topological polar surface area (TPSA) is 66.3 Å². The largest absolute Gasteiger partial charge is 0.478 e. The van der Waals surface area contributed by atoms with Crippen LogP contribution in [0.2, 0.25) is 0 Å². The summed E-state index contributed by atoms with van der Waals surface area (Å²) in [5.41, 5.74) is 1.88. The highest BCUT2D eigenvalue weighted by atomic mass is 16.4. The summed E-state index contributed by atoms with van der Waals surface area (Å²) in [6.07, 6.45) is 1.75. The smallest absolute Gasteiger partial charge is 0.335 e. The zero-order valence-electron chi connectivity index (χ0n) is 11.6. The Morgan fingerprint density at radius 1 is 1.35 bits per heavy atom. The average Bonchev–Trinajstić information content (AvgIpc) is 2.45. The summed E-state index contributed by atoms with van der Waals surface area (Å²) < 4.78 is 0. The number of aryl methyl sites for hydroxylation is 1.